The summed E-state index contributed by atoms with van der Waals surface area (Å²) >= 11 is 1.71. The first-order chi connectivity index (χ1) is 6.98. The van der Waals surface area contributed by atoms with Gasteiger partial charge in [-0.2, -0.15) is 16.4 Å². The number of rotatable bonds is 1. The zero-order valence-electron chi connectivity index (χ0n) is 9.61. The molecule has 80 valence electrons. The molecule has 2 aromatic rings. The van der Waals surface area contributed by atoms with Gasteiger partial charge in [0.1, 0.15) is 0 Å². The molecule has 0 saturated carbocycles. The Morgan fingerprint density at radius 2 is 2.07 bits per heavy atom. The molecule has 2 rings (SSSR count). The lowest BCUT2D eigenvalue weighted by molar-refractivity contribution is 0.523. The van der Waals surface area contributed by atoms with Gasteiger partial charge in [0.2, 0.25) is 0 Å². The van der Waals surface area contributed by atoms with E-state index >= 15 is 0 Å². The van der Waals surface area contributed by atoms with Crippen LogP contribution in [0, 0.1) is 0 Å². The van der Waals surface area contributed by atoms with Crippen LogP contribution in [-0.2, 0) is 12.5 Å². The summed E-state index contributed by atoms with van der Waals surface area (Å²) in [5.41, 5.74) is 3.70. The molecule has 0 N–H and O–H groups in total. The van der Waals surface area contributed by atoms with Crippen molar-refractivity contribution in [2.45, 2.75) is 26.2 Å². The molecule has 0 radical (unpaired) electrons. The van der Waals surface area contributed by atoms with E-state index in [0.29, 0.717) is 0 Å². The van der Waals surface area contributed by atoms with E-state index < -0.39 is 0 Å². The fourth-order valence-corrected chi connectivity index (χ4v) is 2.37. The molecule has 0 aliphatic rings. The minimum atomic E-state index is 0.149. The maximum Gasteiger partial charge on any atom is 0.0934 e. The average Bonchev–Trinajstić information content (AvgIpc) is 2.68. The zero-order chi connectivity index (χ0) is 11.1. The maximum absolute atomic E-state index is 4.54. The number of thiophene rings is 1. The van der Waals surface area contributed by atoms with Crippen molar-refractivity contribution in [2.75, 3.05) is 0 Å². The van der Waals surface area contributed by atoms with Crippen molar-refractivity contribution in [3.8, 4) is 11.3 Å². The van der Waals surface area contributed by atoms with E-state index in [1.807, 2.05) is 11.7 Å². The second kappa shape index (κ2) is 3.49. The Labute approximate surface area is 94.6 Å². The van der Waals surface area contributed by atoms with Crippen molar-refractivity contribution in [3.63, 3.8) is 0 Å². The molecule has 0 bridgehead atoms. The summed E-state index contributed by atoms with van der Waals surface area (Å²) in [5, 5.41) is 8.76. The van der Waals surface area contributed by atoms with Gasteiger partial charge in [0.25, 0.3) is 0 Å². The fraction of sp³-hybridized carbons (Fsp3) is 0.417. The molecule has 0 aromatic carbocycles. The largest absolute Gasteiger partial charge is 0.272 e. The van der Waals surface area contributed by atoms with Crippen molar-refractivity contribution >= 4 is 11.3 Å². The summed E-state index contributed by atoms with van der Waals surface area (Å²) in [5.74, 6) is 0. The Morgan fingerprint density at radius 1 is 1.33 bits per heavy atom. The molecule has 0 aliphatic carbocycles. The molecule has 2 heterocycles. The van der Waals surface area contributed by atoms with Crippen LogP contribution >= 0.6 is 11.3 Å². The van der Waals surface area contributed by atoms with E-state index in [4.69, 9.17) is 0 Å². The van der Waals surface area contributed by atoms with E-state index in [9.17, 15) is 0 Å². The smallest absolute Gasteiger partial charge is 0.0934 e. The summed E-state index contributed by atoms with van der Waals surface area (Å²) in [6.45, 7) is 6.63. The van der Waals surface area contributed by atoms with Gasteiger partial charge in [-0.3, -0.25) is 4.68 Å². The Balaban J connectivity index is 2.47. The average molecular weight is 220 g/mol. The Morgan fingerprint density at radius 3 is 2.53 bits per heavy atom. The number of aryl methyl sites for hydroxylation is 1. The topological polar surface area (TPSA) is 17.8 Å². The van der Waals surface area contributed by atoms with Crippen molar-refractivity contribution in [1.82, 2.24) is 9.78 Å². The first-order valence-corrected chi connectivity index (χ1v) is 6.00. The number of nitrogens with zero attached hydrogens (tertiary/aromatic N) is 2. The SMILES string of the molecule is Cn1nc(-c2ccsc2)cc1C(C)(C)C. The predicted octanol–water partition coefficient (Wildman–Crippen LogP) is 3.45. The van der Waals surface area contributed by atoms with Crippen LogP contribution in [-0.4, -0.2) is 9.78 Å². The molecule has 0 spiro atoms. The highest BCUT2D eigenvalue weighted by Crippen LogP contribution is 2.27. The lowest BCUT2D eigenvalue weighted by Crippen LogP contribution is -2.16. The molecule has 3 heteroatoms. The molecule has 0 fully saturated rings. The van der Waals surface area contributed by atoms with Gasteiger partial charge in [0.15, 0.2) is 0 Å². The van der Waals surface area contributed by atoms with Crippen LogP contribution in [0.3, 0.4) is 0 Å². The van der Waals surface area contributed by atoms with Gasteiger partial charge in [-0.05, 0) is 17.5 Å². The summed E-state index contributed by atoms with van der Waals surface area (Å²) in [7, 11) is 2.01. The van der Waals surface area contributed by atoms with E-state index in [1.165, 1.54) is 11.3 Å². The molecule has 0 unspecified atom stereocenters. The fourth-order valence-electron chi connectivity index (χ4n) is 1.72. The number of hydrogen-bond donors (Lipinski definition) is 0. The normalized spacial score (nSPS) is 12.0. The van der Waals surface area contributed by atoms with E-state index in [2.05, 4.69) is 48.8 Å². The zero-order valence-corrected chi connectivity index (χ0v) is 10.4. The van der Waals surface area contributed by atoms with Crippen molar-refractivity contribution in [1.29, 1.82) is 0 Å². The quantitative estimate of drug-likeness (QED) is 0.719. The van der Waals surface area contributed by atoms with Crippen molar-refractivity contribution in [3.05, 3.63) is 28.6 Å². The lowest BCUT2D eigenvalue weighted by Gasteiger charge is -2.17. The predicted molar refractivity (Wildman–Crippen MR) is 65.2 cm³/mol. The van der Waals surface area contributed by atoms with Crippen LogP contribution in [0.5, 0.6) is 0 Å². The second-order valence-electron chi connectivity index (χ2n) is 4.80. The molecule has 2 aromatic heterocycles. The summed E-state index contributed by atoms with van der Waals surface area (Å²) in [6, 6.07) is 4.29. The highest BCUT2D eigenvalue weighted by Gasteiger charge is 2.19. The second-order valence-corrected chi connectivity index (χ2v) is 5.58. The summed E-state index contributed by atoms with van der Waals surface area (Å²) < 4.78 is 1.98. The standard InChI is InChI=1S/C12H16N2S/c1-12(2,3)11-7-10(13-14(11)4)9-5-6-15-8-9/h5-8H,1-4H3. The Kier molecular flexibility index (Phi) is 2.43. The van der Waals surface area contributed by atoms with E-state index in [-0.39, 0.29) is 5.41 Å². The first-order valence-electron chi connectivity index (χ1n) is 5.05. The van der Waals surface area contributed by atoms with Crippen LogP contribution < -0.4 is 0 Å². The molecule has 15 heavy (non-hydrogen) atoms. The molecular formula is C12H16N2S. The monoisotopic (exact) mass is 220 g/mol. The maximum atomic E-state index is 4.54. The third kappa shape index (κ3) is 1.97. The van der Waals surface area contributed by atoms with Crippen LogP contribution in [0.2, 0.25) is 0 Å². The number of hydrogen-bond acceptors (Lipinski definition) is 2. The Bertz CT molecular complexity index is 446. The minimum absolute atomic E-state index is 0.149. The molecular weight excluding hydrogens is 204 g/mol. The lowest BCUT2D eigenvalue weighted by atomic mass is 9.92. The molecule has 0 amide bonds. The third-order valence-electron chi connectivity index (χ3n) is 2.47. The third-order valence-corrected chi connectivity index (χ3v) is 3.15. The Hall–Kier alpha value is -1.09. The highest BCUT2D eigenvalue weighted by atomic mass is 32.1. The van der Waals surface area contributed by atoms with Gasteiger partial charge in [0.05, 0.1) is 5.69 Å². The van der Waals surface area contributed by atoms with Crippen LogP contribution in [0.25, 0.3) is 11.3 Å². The number of aromatic nitrogens is 2. The van der Waals surface area contributed by atoms with Crippen molar-refractivity contribution in [2.24, 2.45) is 7.05 Å². The van der Waals surface area contributed by atoms with E-state index in [1.54, 1.807) is 11.3 Å². The van der Waals surface area contributed by atoms with E-state index in [0.717, 1.165) is 5.69 Å². The molecule has 2 nitrogen and oxygen atoms in total. The van der Waals surface area contributed by atoms with Gasteiger partial charge in [0, 0.05) is 29.1 Å². The minimum Gasteiger partial charge on any atom is -0.272 e. The summed E-state index contributed by atoms with van der Waals surface area (Å²) in [4.78, 5) is 0. The van der Waals surface area contributed by atoms with Crippen LogP contribution in [0.1, 0.15) is 26.5 Å². The van der Waals surface area contributed by atoms with Gasteiger partial charge in [-0.1, -0.05) is 20.8 Å². The summed E-state index contributed by atoms with van der Waals surface area (Å²) in [6.07, 6.45) is 0. The van der Waals surface area contributed by atoms with Gasteiger partial charge >= 0.3 is 0 Å². The first kappa shape index (κ1) is 10.4. The van der Waals surface area contributed by atoms with Gasteiger partial charge < -0.3 is 0 Å². The molecule has 0 saturated heterocycles. The van der Waals surface area contributed by atoms with Gasteiger partial charge in [-0.25, -0.2) is 0 Å². The van der Waals surface area contributed by atoms with Gasteiger partial charge in [-0.15, -0.1) is 0 Å². The highest BCUT2D eigenvalue weighted by molar-refractivity contribution is 7.08. The van der Waals surface area contributed by atoms with Crippen LogP contribution in [0.4, 0.5) is 0 Å². The van der Waals surface area contributed by atoms with Crippen molar-refractivity contribution < 1.29 is 0 Å². The van der Waals surface area contributed by atoms with Crippen LogP contribution in [0.15, 0.2) is 22.9 Å². The molecule has 0 atom stereocenters. The molecule has 0 aliphatic heterocycles.